The Balaban J connectivity index is 2.10. The van der Waals surface area contributed by atoms with E-state index in [4.69, 9.17) is 0 Å². The lowest BCUT2D eigenvalue weighted by atomic mass is 9.90. The first-order valence-corrected chi connectivity index (χ1v) is 7.81. The van der Waals surface area contributed by atoms with Crippen molar-refractivity contribution in [3.05, 3.63) is 83.9 Å². The number of hydrogen-bond donors (Lipinski definition) is 1. The Morgan fingerprint density at radius 1 is 1.00 bits per heavy atom. The Bertz CT molecular complexity index is 550. The van der Waals surface area contributed by atoms with Crippen LogP contribution in [0.25, 0.3) is 0 Å². The van der Waals surface area contributed by atoms with Crippen LogP contribution in [0.5, 0.6) is 0 Å². The molecule has 0 saturated heterocycles. The second kappa shape index (κ2) is 8.83. The van der Waals surface area contributed by atoms with Crippen LogP contribution in [0.3, 0.4) is 0 Å². The average Bonchev–Trinajstić information content (AvgIpc) is 2.57. The topological polar surface area (TPSA) is 29.1 Å². The molecule has 0 aromatic heterocycles. The third-order valence-electron chi connectivity index (χ3n) is 3.61. The highest BCUT2D eigenvalue weighted by molar-refractivity contribution is 5.87. The molecule has 0 aliphatic rings. The van der Waals surface area contributed by atoms with Crippen LogP contribution >= 0.6 is 0 Å². The van der Waals surface area contributed by atoms with Gasteiger partial charge < -0.3 is 5.32 Å². The molecule has 2 rings (SSSR count). The second-order valence-corrected chi connectivity index (χ2v) is 5.26. The van der Waals surface area contributed by atoms with Crippen molar-refractivity contribution in [2.75, 3.05) is 6.54 Å². The highest BCUT2D eigenvalue weighted by Crippen LogP contribution is 2.24. The lowest BCUT2D eigenvalue weighted by Crippen LogP contribution is -2.30. The molecule has 1 N–H and O–H groups in total. The fraction of sp³-hybridized carbons (Fsp3) is 0.250. The summed E-state index contributed by atoms with van der Waals surface area (Å²) in [6.45, 7) is 2.72. The maximum absolute atomic E-state index is 12.6. The first kappa shape index (κ1) is 16.0. The van der Waals surface area contributed by atoms with E-state index in [-0.39, 0.29) is 11.8 Å². The molecule has 0 spiro atoms. The van der Waals surface area contributed by atoms with Crippen LogP contribution in [0, 0.1) is 0 Å². The summed E-state index contributed by atoms with van der Waals surface area (Å²) in [7, 11) is 0. The number of hydrogen-bond acceptors (Lipinski definition) is 1. The molecule has 0 bridgehead atoms. The Morgan fingerprint density at radius 3 is 2.05 bits per heavy atom. The molecular formula is C20H23NO. The van der Waals surface area contributed by atoms with E-state index in [2.05, 4.69) is 11.4 Å². The molecule has 114 valence electrons. The highest BCUT2D eigenvalue weighted by Gasteiger charge is 2.21. The van der Waals surface area contributed by atoms with E-state index in [1.54, 1.807) is 0 Å². The summed E-state index contributed by atoms with van der Waals surface area (Å²) in [5, 5.41) is 3.07. The molecule has 2 nitrogen and oxygen atoms in total. The van der Waals surface area contributed by atoms with E-state index in [9.17, 15) is 4.79 Å². The average molecular weight is 293 g/mol. The van der Waals surface area contributed by atoms with Crippen molar-refractivity contribution in [1.29, 1.82) is 0 Å². The molecule has 0 unspecified atom stereocenters. The SMILES string of the molecule is C/C=C/CCCNC(=O)C(c1ccccc1)c1ccccc1. The van der Waals surface area contributed by atoms with Gasteiger partial charge in [0.15, 0.2) is 0 Å². The smallest absolute Gasteiger partial charge is 0.232 e. The number of allylic oxidation sites excluding steroid dienone is 2. The number of carbonyl (C=O) groups is 1. The predicted octanol–water partition coefficient (Wildman–Crippen LogP) is 4.29. The molecule has 0 fully saturated rings. The van der Waals surface area contributed by atoms with Crippen molar-refractivity contribution in [1.82, 2.24) is 5.32 Å². The third-order valence-corrected chi connectivity index (χ3v) is 3.61. The number of unbranched alkanes of at least 4 members (excludes halogenated alkanes) is 1. The van der Waals surface area contributed by atoms with Crippen LogP contribution in [-0.2, 0) is 4.79 Å². The molecule has 0 aliphatic heterocycles. The van der Waals surface area contributed by atoms with Crippen LogP contribution in [0.1, 0.15) is 36.8 Å². The van der Waals surface area contributed by atoms with Gasteiger partial charge in [0.25, 0.3) is 0 Å². The Kier molecular flexibility index (Phi) is 6.43. The predicted molar refractivity (Wildman–Crippen MR) is 91.8 cm³/mol. The number of benzene rings is 2. The molecule has 2 aromatic rings. The minimum atomic E-state index is -0.246. The van der Waals surface area contributed by atoms with Gasteiger partial charge in [0.05, 0.1) is 5.92 Å². The van der Waals surface area contributed by atoms with E-state index in [0.717, 1.165) is 24.0 Å². The van der Waals surface area contributed by atoms with Crippen molar-refractivity contribution in [3.63, 3.8) is 0 Å². The maximum atomic E-state index is 12.6. The molecule has 1 amide bonds. The van der Waals surface area contributed by atoms with E-state index < -0.39 is 0 Å². The summed E-state index contributed by atoms with van der Waals surface area (Å²) in [6, 6.07) is 19.9. The summed E-state index contributed by atoms with van der Waals surface area (Å²) >= 11 is 0. The number of rotatable bonds is 7. The largest absolute Gasteiger partial charge is 0.355 e. The number of nitrogens with one attached hydrogen (secondary N) is 1. The zero-order valence-corrected chi connectivity index (χ0v) is 13.0. The van der Waals surface area contributed by atoms with Crippen molar-refractivity contribution < 1.29 is 4.79 Å². The Labute approximate surface area is 132 Å². The monoisotopic (exact) mass is 293 g/mol. The van der Waals surface area contributed by atoms with Gasteiger partial charge in [0.2, 0.25) is 5.91 Å². The number of amides is 1. The lowest BCUT2D eigenvalue weighted by molar-refractivity contribution is -0.121. The highest BCUT2D eigenvalue weighted by atomic mass is 16.1. The summed E-state index contributed by atoms with van der Waals surface area (Å²) in [4.78, 5) is 12.6. The van der Waals surface area contributed by atoms with Gasteiger partial charge >= 0.3 is 0 Å². The Morgan fingerprint density at radius 2 is 1.55 bits per heavy atom. The van der Waals surface area contributed by atoms with Crippen LogP contribution in [0.2, 0.25) is 0 Å². The minimum absolute atomic E-state index is 0.0675. The quantitative estimate of drug-likeness (QED) is 0.599. The van der Waals surface area contributed by atoms with Gasteiger partial charge in [-0.1, -0.05) is 72.8 Å². The lowest BCUT2D eigenvalue weighted by Gasteiger charge is -2.17. The number of carbonyl (C=O) groups excluding carboxylic acids is 1. The van der Waals surface area contributed by atoms with Crippen LogP contribution < -0.4 is 5.32 Å². The van der Waals surface area contributed by atoms with E-state index in [1.165, 1.54) is 0 Å². The summed E-state index contributed by atoms with van der Waals surface area (Å²) in [5.74, 6) is -0.179. The normalized spacial score (nSPS) is 11.0. The van der Waals surface area contributed by atoms with E-state index in [0.29, 0.717) is 6.54 Å². The fourth-order valence-electron chi connectivity index (χ4n) is 2.49. The fourth-order valence-corrected chi connectivity index (χ4v) is 2.49. The van der Waals surface area contributed by atoms with Gasteiger partial charge in [-0.3, -0.25) is 4.79 Å². The van der Waals surface area contributed by atoms with Crippen molar-refractivity contribution in [3.8, 4) is 0 Å². The van der Waals surface area contributed by atoms with Crippen molar-refractivity contribution >= 4 is 5.91 Å². The molecular weight excluding hydrogens is 270 g/mol. The van der Waals surface area contributed by atoms with Crippen LogP contribution in [0.4, 0.5) is 0 Å². The zero-order valence-electron chi connectivity index (χ0n) is 13.0. The first-order valence-electron chi connectivity index (χ1n) is 7.81. The summed E-state index contributed by atoms with van der Waals surface area (Å²) < 4.78 is 0. The van der Waals surface area contributed by atoms with Gasteiger partial charge in [-0.2, -0.15) is 0 Å². The van der Waals surface area contributed by atoms with E-state index in [1.807, 2.05) is 73.7 Å². The first-order chi connectivity index (χ1) is 10.8. The van der Waals surface area contributed by atoms with Gasteiger partial charge in [-0.25, -0.2) is 0 Å². The standard InChI is InChI=1S/C20H23NO/c1-2-3-4-11-16-21-20(22)19(17-12-7-5-8-13-17)18-14-9-6-10-15-18/h2-3,5-10,12-15,19H,4,11,16H2,1H3,(H,21,22)/b3-2+. The van der Waals surface area contributed by atoms with E-state index >= 15 is 0 Å². The van der Waals surface area contributed by atoms with Gasteiger partial charge in [0.1, 0.15) is 0 Å². The Hall–Kier alpha value is -2.35. The molecule has 0 saturated carbocycles. The second-order valence-electron chi connectivity index (χ2n) is 5.26. The van der Waals surface area contributed by atoms with Gasteiger partial charge in [-0.05, 0) is 30.9 Å². The molecule has 0 aliphatic carbocycles. The van der Waals surface area contributed by atoms with Crippen LogP contribution in [0.15, 0.2) is 72.8 Å². The van der Waals surface area contributed by atoms with Gasteiger partial charge in [-0.15, -0.1) is 0 Å². The molecule has 2 heteroatoms. The molecule has 0 radical (unpaired) electrons. The molecule has 0 atom stereocenters. The summed E-state index contributed by atoms with van der Waals surface area (Å²) in [5.41, 5.74) is 2.05. The van der Waals surface area contributed by atoms with Gasteiger partial charge in [0, 0.05) is 6.54 Å². The third kappa shape index (κ3) is 4.59. The van der Waals surface area contributed by atoms with Crippen molar-refractivity contribution in [2.45, 2.75) is 25.7 Å². The molecule has 0 heterocycles. The molecule has 22 heavy (non-hydrogen) atoms. The maximum Gasteiger partial charge on any atom is 0.232 e. The zero-order chi connectivity index (χ0) is 15.6. The minimum Gasteiger partial charge on any atom is -0.355 e. The van der Waals surface area contributed by atoms with Crippen molar-refractivity contribution in [2.24, 2.45) is 0 Å². The molecule has 2 aromatic carbocycles. The summed E-state index contributed by atoms with van der Waals surface area (Å²) in [6.07, 6.45) is 6.13. The van der Waals surface area contributed by atoms with Crippen LogP contribution in [-0.4, -0.2) is 12.5 Å².